The van der Waals surface area contributed by atoms with Gasteiger partial charge in [-0.05, 0) is 43.5 Å². The van der Waals surface area contributed by atoms with Crippen LogP contribution in [0.3, 0.4) is 0 Å². The van der Waals surface area contributed by atoms with Crippen molar-refractivity contribution < 1.29 is 9.47 Å². The van der Waals surface area contributed by atoms with E-state index in [0.29, 0.717) is 10.9 Å². The summed E-state index contributed by atoms with van der Waals surface area (Å²) in [4.78, 5) is 0. The first-order chi connectivity index (χ1) is 8.79. The molecule has 0 radical (unpaired) electrons. The molecule has 2 rings (SSSR count). The fraction of sp³-hybridized carbons (Fsp3) is 0.571. The van der Waals surface area contributed by atoms with Crippen molar-refractivity contribution in [1.82, 2.24) is 5.32 Å². The number of benzene rings is 1. The van der Waals surface area contributed by atoms with Crippen molar-refractivity contribution in [2.75, 3.05) is 26.9 Å². The Balaban J connectivity index is 1.88. The van der Waals surface area contributed by atoms with E-state index >= 15 is 0 Å². The molecule has 0 unspecified atom stereocenters. The number of rotatable bonds is 5. The molecule has 18 heavy (non-hydrogen) atoms. The van der Waals surface area contributed by atoms with Crippen LogP contribution in [-0.2, 0) is 11.3 Å². The topological polar surface area (TPSA) is 30.5 Å². The molecule has 0 amide bonds. The molecule has 1 N–H and O–H groups in total. The predicted molar refractivity (Wildman–Crippen MR) is 73.3 cm³/mol. The lowest BCUT2D eigenvalue weighted by Crippen LogP contribution is -2.21. The van der Waals surface area contributed by atoms with Crippen LogP contribution in [0.25, 0.3) is 0 Å². The smallest absolute Gasteiger partial charge is 0.137 e. The highest BCUT2D eigenvalue weighted by atomic mass is 35.5. The quantitative estimate of drug-likeness (QED) is 0.892. The van der Waals surface area contributed by atoms with Gasteiger partial charge in [0.15, 0.2) is 0 Å². The molecule has 3 nitrogen and oxygen atoms in total. The second kappa shape index (κ2) is 6.98. The lowest BCUT2D eigenvalue weighted by molar-refractivity contribution is 0.0498. The van der Waals surface area contributed by atoms with Gasteiger partial charge < -0.3 is 14.8 Å². The van der Waals surface area contributed by atoms with Gasteiger partial charge in [0.05, 0.1) is 11.6 Å². The molecule has 1 aromatic carbocycles. The number of hydrogen-bond donors (Lipinski definition) is 1. The maximum absolute atomic E-state index is 6.21. The third kappa shape index (κ3) is 3.87. The fourth-order valence-electron chi connectivity index (χ4n) is 2.10. The highest BCUT2D eigenvalue weighted by Gasteiger charge is 2.15. The number of hydrogen-bond acceptors (Lipinski definition) is 3. The van der Waals surface area contributed by atoms with E-state index in [1.165, 1.54) is 5.56 Å². The third-order valence-electron chi connectivity index (χ3n) is 3.19. The molecule has 1 fully saturated rings. The zero-order valence-corrected chi connectivity index (χ0v) is 11.5. The predicted octanol–water partition coefficient (Wildman–Crippen LogP) is 2.86. The summed E-state index contributed by atoms with van der Waals surface area (Å²) < 4.78 is 11.1. The van der Waals surface area contributed by atoms with Crippen molar-refractivity contribution in [3.8, 4) is 5.75 Å². The minimum absolute atomic E-state index is 0.590. The summed E-state index contributed by atoms with van der Waals surface area (Å²) in [6.07, 6.45) is 2.16. The third-order valence-corrected chi connectivity index (χ3v) is 3.49. The van der Waals surface area contributed by atoms with Crippen LogP contribution in [-0.4, -0.2) is 26.9 Å². The van der Waals surface area contributed by atoms with E-state index in [9.17, 15) is 0 Å². The van der Waals surface area contributed by atoms with E-state index in [1.54, 1.807) is 0 Å². The summed E-state index contributed by atoms with van der Waals surface area (Å²) in [6.45, 7) is 3.25. The van der Waals surface area contributed by atoms with Gasteiger partial charge in [-0.2, -0.15) is 0 Å². The molecule has 0 spiro atoms. The Morgan fingerprint density at radius 2 is 2.17 bits per heavy atom. The molecular formula is C14H20ClNO2. The van der Waals surface area contributed by atoms with Crippen molar-refractivity contribution in [3.05, 3.63) is 28.8 Å². The van der Waals surface area contributed by atoms with Gasteiger partial charge in [0.2, 0.25) is 0 Å². The lowest BCUT2D eigenvalue weighted by atomic mass is 10.0. The van der Waals surface area contributed by atoms with Crippen LogP contribution in [0.4, 0.5) is 0 Å². The fourth-order valence-corrected chi connectivity index (χ4v) is 2.35. The molecule has 4 heteroatoms. The van der Waals surface area contributed by atoms with Gasteiger partial charge in [-0.3, -0.25) is 0 Å². The minimum Gasteiger partial charge on any atom is -0.492 e. The molecule has 1 saturated heterocycles. The minimum atomic E-state index is 0.590. The van der Waals surface area contributed by atoms with Gasteiger partial charge in [0, 0.05) is 19.8 Å². The molecule has 0 saturated carbocycles. The number of nitrogens with one attached hydrogen (secondary N) is 1. The van der Waals surface area contributed by atoms with Gasteiger partial charge >= 0.3 is 0 Å². The average molecular weight is 270 g/mol. The lowest BCUT2D eigenvalue weighted by Gasteiger charge is -2.22. The van der Waals surface area contributed by atoms with E-state index in [0.717, 1.165) is 45.0 Å². The first-order valence-electron chi connectivity index (χ1n) is 6.43. The summed E-state index contributed by atoms with van der Waals surface area (Å²) >= 11 is 6.21. The van der Waals surface area contributed by atoms with Gasteiger partial charge in [-0.15, -0.1) is 0 Å². The van der Waals surface area contributed by atoms with E-state index < -0.39 is 0 Å². The van der Waals surface area contributed by atoms with Crippen molar-refractivity contribution >= 4 is 11.6 Å². The van der Waals surface area contributed by atoms with Gasteiger partial charge in [0.25, 0.3) is 0 Å². The maximum atomic E-state index is 6.21. The molecule has 1 heterocycles. The summed E-state index contributed by atoms with van der Waals surface area (Å²) in [5.74, 6) is 1.37. The second-order valence-corrected chi connectivity index (χ2v) is 5.07. The molecule has 1 aliphatic heterocycles. The second-order valence-electron chi connectivity index (χ2n) is 4.66. The molecular weight excluding hydrogens is 250 g/mol. The number of ether oxygens (including phenoxy) is 2. The Kier molecular flexibility index (Phi) is 5.29. The van der Waals surface area contributed by atoms with Crippen molar-refractivity contribution in [3.63, 3.8) is 0 Å². The van der Waals surface area contributed by atoms with E-state index in [2.05, 4.69) is 5.32 Å². The largest absolute Gasteiger partial charge is 0.492 e. The summed E-state index contributed by atoms with van der Waals surface area (Å²) in [7, 11) is 1.92. The van der Waals surface area contributed by atoms with Gasteiger partial charge in [-0.25, -0.2) is 0 Å². The molecule has 0 aromatic heterocycles. The summed E-state index contributed by atoms with van der Waals surface area (Å²) in [5.41, 5.74) is 1.17. The van der Waals surface area contributed by atoms with Gasteiger partial charge in [0.1, 0.15) is 5.75 Å². The number of halogens is 1. The normalized spacial score (nSPS) is 16.8. The highest BCUT2D eigenvalue weighted by molar-refractivity contribution is 6.32. The highest BCUT2D eigenvalue weighted by Crippen LogP contribution is 2.27. The van der Waals surface area contributed by atoms with Crippen LogP contribution in [0.15, 0.2) is 18.2 Å². The van der Waals surface area contributed by atoms with Crippen LogP contribution in [0.2, 0.25) is 5.02 Å². The van der Waals surface area contributed by atoms with Crippen LogP contribution in [0.5, 0.6) is 5.75 Å². The Hall–Kier alpha value is -0.770. The molecule has 1 aliphatic rings. The SMILES string of the molecule is CNCc1ccc(OCC2CCOCC2)c(Cl)c1. The maximum Gasteiger partial charge on any atom is 0.137 e. The molecule has 1 aromatic rings. The zero-order valence-electron chi connectivity index (χ0n) is 10.7. The van der Waals surface area contributed by atoms with Crippen LogP contribution in [0, 0.1) is 5.92 Å². The van der Waals surface area contributed by atoms with Crippen LogP contribution >= 0.6 is 11.6 Å². The Labute approximate surface area is 113 Å². The first kappa shape index (κ1) is 13.7. The van der Waals surface area contributed by atoms with Crippen LogP contribution in [0.1, 0.15) is 18.4 Å². The summed E-state index contributed by atoms with van der Waals surface area (Å²) in [5, 5.41) is 3.79. The molecule has 100 valence electrons. The van der Waals surface area contributed by atoms with Crippen molar-refractivity contribution in [2.24, 2.45) is 5.92 Å². The first-order valence-corrected chi connectivity index (χ1v) is 6.81. The molecule has 0 atom stereocenters. The Morgan fingerprint density at radius 3 is 2.83 bits per heavy atom. The van der Waals surface area contributed by atoms with Crippen LogP contribution < -0.4 is 10.1 Å². The van der Waals surface area contributed by atoms with E-state index in [4.69, 9.17) is 21.1 Å². The van der Waals surface area contributed by atoms with Crippen molar-refractivity contribution in [1.29, 1.82) is 0 Å². The molecule has 0 aliphatic carbocycles. The average Bonchev–Trinajstić information content (AvgIpc) is 2.39. The van der Waals surface area contributed by atoms with E-state index in [1.807, 2.05) is 25.2 Å². The van der Waals surface area contributed by atoms with Crippen molar-refractivity contribution in [2.45, 2.75) is 19.4 Å². The van der Waals surface area contributed by atoms with E-state index in [-0.39, 0.29) is 0 Å². The zero-order chi connectivity index (χ0) is 12.8. The molecule has 0 bridgehead atoms. The standard InChI is InChI=1S/C14H20ClNO2/c1-16-9-12-2-3-14(13(15)8-12)18-10-11-4-6-17-7-5-11/h2-3,8,11,16H,4-7,9-10H2,1H3. The monoisotopic (exact) mass is 269 g/mol. The Morgan fingerprint density at radius 1 is 1.39 bits per heavy atom. The summed E-state index contributed by atoms with van der Waals surface area (Å²) in [6, 6.07) is 5.95. The van der Waals surface area contributed by atoms with Gasteiger partial charge in [-0.1, -0.05) is 17.7 Å². The Bertz CT molecular complexity index is 378.